The maximum atomic E-state index is 13.5. The Morgan fingerprint density at radius 3 is 2.29 bits per heavy atom. The molecule has 210 valence electrons. The fraction of sp³-hybridized carbons (Fsp3) is 0.500. The fourth-order valence-corrected chi connectivity index (χ4v) is 3.46. The van der Waals surface area contributed by atoms with Gasteiger partial charge in [0.2, 0.25) is 11.8 Å². The van der Waals surface area contributed by atoms with E-state index in [0.717, 1.165) is 11.1 Å². The molecule has 0 fully saturated rings. The number of rotatable bonds is 13. The molecule has 3 atom stereocenters. The Bertz CT molecular complexity index is 1020. The number of likely N-dealkylation sites (N-methyl/N-ethyl adjacent to an activating group) is 1. The first-order valence-electron chi connectivity index (χ1n) is 12.3. The standard InChI is InChI=1S/C28H41N3O7/c1-10-12-20-16-21(14-13-18(20)3)23(31(8)27(35)38-28(5,6)7)25(33)29-19(4)24(32)30-22(26(34)36-9)17-37-15-11-2/h10-11,13-14,16,19,22-23H,1-2,12,15,17H2,3-9H3,(H,29,33)(H,30,32)/t19-,22-,23-/m0/s1. The van der Waals surface area contributed by atoms with Crippen molar-refractivity contribution < 1.29 is 33.4 Å². The number of allylic oxidation sites excluding steroid dienone is 1. The number of methoxy groups -OCH3 is 1. The van der Waals surface area contributed by atoms with E-state index in [9.17, 15) is 19.2 Å². The van der Waals surface area contributed by atoms with Gasteiger partial charge in [-0.15, -0.1) is 13.2 Å². The molecule has 10 heteroatoms. The number of amides is 3. The third-order valence-corrected chi connectivity index (χ3v) is 5.44. The second-order valence-electron chi connectivity index (χ2n) is 9.81. The van der Waals surface area contributed by atoms with Crippen LogP contribution in [0.2, 0.25) is 0 Å². The molecule has 10 nitrogen and oxygen atoms in total. The molecule has 0 heterocycles. The van der Waals surface area contributed by atoms with Crippen molar-refractivity contribution in [3.05, 3.63) is 60.2 Å². The van der Waals surface area contributed by atoms with Crippen LogP contribution in [-0.4, -0.2) is 73.8 Å². The predicted octanol–water partition coefficient (Wildman–Crippen LogP) is 3.00. The molecule has 0 bridgehead atoms. The highest BCUT2D eigenvalue weighted by Gasteiger charge is 2.34. The number of nitrogens with one attached hydrogen (secondary N) is 2. The molecule has 2 N–H and O–H groups in total. The molecule has 0 unspecified atom stereocenters. The van der Waals surface area contributed by atoms with Crippen LogP contribution in [0.5, 0.6) is 0 Å². The zero-order chi connectivity index (χ0) is 29.0. The van der Waals surface area contributed by atoms with Gasteiger partial charge < -0.3 is 24.8 Å². The van der Waals surface area contributed by atoms with Crippen LogP contribution in [0.15, 0.2) is 43.5 Å². The Morgan fingerprint density at radius 2 is 1.74 bits per heavy atom. The molecule has 1 rings (SSSR count). The third-order valence-electron chi connectivity index (χ3n) is 5.44. The van der Waals surface area contributed by atoms with Gasteiger partial charge in [-0.25, -0.2) is 9.59 Å². The second kappa shape index (κ2) is 14.9. The molecule has 1 aromatic rings. The lowest BCUT2D eigenvalue weighted by Crippen LogP contribution is -2.54. The van der Waals surface area contributed by atoms with Gasteiger partial charge in [-0.2, -0.15) is 0 Å². The number of benzene rings is 1. The summed E-state index contributed by atoms with van der Waals surface area (Å²) in [5.74, 6) is -1.93. The average molecular weight is 532 g/mol. The van der Waals surface area contributed by atoms with Crippen LogP contribution in [0.1, 0.15) is 50.4 Å². The van der Waals surface area contributed by atoms with E-state index in [-0.39, 0.29) is 13.2 Å². The minimum Gasteiger partial charge on any atom is -0.467 e. The first kappa shape index (κ1) is 32.4. The summed E-state index contributed by atoms with van der Waals surface area (Å²) in [4.78, 5) is 52.5. The summed E-state index contributed by atoms with van der Waals surface area (Å²) in [6.07, 6.45) is 3.13. The first-order chi connectivity index (χ1) is 17.7. The number of esters is 1. The van der Waals surface area contributed by atoms with Crippen molar-refractivity contribution in [2.24, 2.45) is 0 Å². The zero-order valence-corrected chi connectivity index (χ0v) is 23.5. The minimum absolute atomic E-state index is 0.134. The molecule has 0 aromatic heterocycles. The van der Waals surface area contributed by atoms with Crippen molar-refractivity contribution in [3.63, 3.8) is 0 Å². The van der Waals surface area contributed by atoms with E-state index in [1.165, 1.54) is 32.1 Å². The predicted molar refractivity (Wildman–Crippen MR) is 144 cm³/mol. The molecule has 0 aliphatic carbocycles. The minimum atomic E-state index is -1.10. The summed E-state index contributed by atoms with van der Waals surface area (Å²) in [5, 5.41) is 5.17. The molecule has 0 spiro atoms. The van der Waals surface area contributed by atoms with E-state index in [4.69, 9.17) is 14.2 Å². The van der Waals surface area contributed by atoms with Crippen LogP contribution in [0.25, 0.3) is 0 Å². The molecule has 0 aliphatic rings. The number of hydrogen-bond acceptors (Lipinski definition) is 7. The van der Waals surface area contributed by atoms with Gasteiger partial charge in [0.05, 0.1) is 20.3 Å². The van der Waals surface area contributed by atoms with Gasteiger partial charge in [0.1, 0.15) is 17.7 Å². The first-order valence-corrected chi connectivity index (χ1v) is 12.3. The quantitative estimate of drug-likeness (QED) is 0.228. The van der Waals surface area contributed by atoms with E-state index in [1.54, 1.807) is 32.9 Å². The largest absolute Gasteiger partial charge is 0.467 e. The number of nitrogens with zero attached hydrogens (tertiary/aromatic N) is 1. The molecule has 0 radical (unpaired) electrons. The smallest absolute Gasteiger partial charge is 0.410 e. The normalized spacial score (nSPS) is 13.3. The molecule has 38 heavy (non-hydrogen) atoms. The summed E-state index contributed by atoms with van der Waals surface area (Å²) >= 11 is 0. The summed E-state index contributed by atoms with van der Waals surface area (Å²) < 4.78 is 15.5. The van der Waals surface area contributed by atoms with Crippen molar-refractivity contribution in [3.8, 4) is 0 Å². The van der Waals surface area contributed by atoms with Crippen molar-refractivity contribution >= 4 is 23.9 Å². The van der Waals surface area contributed by atoms with Crippen LogP contribution in [-0.2, 0) is 35.0 Å². The Kier molecular flexibility index (Phi) is 12.7. The summed E-state index contributed by atoms with van der Waals surface area (Å²) in [6, 6.07) is 2.21. The number of aryl methyl sites for hydroxylation is 1. The van der Waals surface area contributed by atoms with Crippen LogP contribution in [0.3, 0.4) is 0 Å². The molecule has 3 amide bonds. The summed E-state index contributed by atoms with van der Waals surface area (Å²) in [6.45, 7) is 15.9. The Hall–Kier alpha value is -3.66. The Labute approximate surface area is 225 Å². The highest BCUT2D eigenvalue weighted by Crippen LogP contribution is 2.25. The lowest BCUT2D eigenvalue weighted by molar-refractivity contribution is -0.147. The molecular formula is C28H41N3O7. The molecule has 0 saturated heterocycles. The lowest BCUT2D eigenvalue weighted by atomic mass is 9.97. The molecule has 1 aromatic carbocycles. The van der Waals surface area contributed by atoms with Gasteiger partial charge >= 0.3 is 12.1 Å². The van der Waals surface area contributed by atoms with Gasteiger partial charge in [-0.05, 0) is 57.7 Å². The second-order valence-corrected chi connectivity index (χ2v) is 9.81. The highest BCUT2D eigenvalue weighted by atomic mass is 16.6. The van der Waals surface area contributed by atoms with Crippen LogP contribution in [0.4, 0.5) is 4.79 Å². The Morgan fingerprint density at radius 1 is 1.08 bits per heavy atom. The number of ether oxygens (including phenoxy) is 3. The zero-order valence-electron chi connectivity index (χ0n) is 23.5. The average Bonchev–Trinajstić information content (AvgIpc) is 2.83. The maximum Gasteiger partial charge on any atom is 0.410 e. The van der Waals surface area contributed by atoms with E-state index in [1.807, 2.05) is 19.1 Å². The van der Waals surface area contributed by atoms with Crippen LogP contribution in [0, 0.1) is 6.92 Å². The van der Waals surface area contributed by atoms with Crippen LogP contribution >= 0.6 is 0 Å². The van der Waals surface area contributed by atoms with Gasteiger partial charge in [0.25, 0.3) is 0 Å². The van der Waals surface area contributed by atoms with Gasteiger partial charge in [0.15, 0.2) is 6.04 Å². The summed E-state index contributed by atoms with van der Waals surface area (Å²) in [7, 11) is 2.65. The molecule has 0 aliphatic heterocycles. The molecule has 0 saturated carbocycles. The monoisotopic (exact) mass is 531 g/mol. The number of hydrogen-bond donors (Lipinski definition) is 2. The SMILES string of the molecule is C=CCOC[C@H](NC(=O)[C@H](C)NC(=O)[C@H](c1ccc(C)c(CC=C)c1)N(C)C(=O)OC(C)(C)C)C(=O)OC. The van der Waals surface area contributed by atoms with Crippen molar-refractivity contribution in [2.75, 3.05) is 27.4 Å². The van der Waals surface area contributed by atoms with E-state index < -0.39 is 47.6 Å². The van der Waals surface area contributed by atoms with Gasteiger partial charge in [0, 0.05) is 7.05 Å². The van der Waals surface area contributed by atoms with E-state index in [0.29, 0.717) is 12.0 Å². The van der Waals surface area contributed by atoms with Crippen molar-refractivity contribution in [1.29, 1.82) is 0 Å². The third kappa shape index (κ3) is 10.0. The maximum absolute atomic E-state index is 13.5. The van der Waals surface area contributed by atoms with E-state index >= 15 is 0 Å². The van der Waals surface area contributed by atoms with Gasteiger partial charge in [-0.1, -0.05) is 30.4 Å². The number of carbonyl (C=O) groups is 4. The van der Waals surface area contributed by atoms with Crippen molar-refractivity contribution in [2.45, 2.75) is 64.8 Å². The van der Waals surface area contributed by atoms with Crippen molar-refractivity contribution in [1.82, 2.24) is 15.5 Å². The van der Waals surface area contributed by atoms with Gasteiger partial charge in [-0.3, -0.25) is 14.5 Å². The fourth-order valence-electron chi connectivity index (χ4n) is 3.46. The van der Waals surface area contributed by atoms with Crippen LogP contribution < -0.4 is 10.6 Å². The molecular weight excluding hydrogens is 490 g/mol. The summed E-state index contributed by atoms with van der Waals surface area (Å²) in [5.41, 5.74) is 1.71. The number of carbonyl (C=O) groups excluding carboxylic acids is 4. The highest BCUT2D eigenvalue weighted by molar-refractivity contribution is 5.93. The topological polar surface area (TPSA) is 123 Å². The van der Waals surface area contributed by atoms with E-state index in [2.05, 4.69) is 23.8 Å². The lowest BCUT2D eigenvalue weighted by Gasteiger charge is -2.31. The Balaban J connectivity index is 3.22.